The summed E-state index contributed by atoms with van der Waals surface area (Å²) in [5, 5.41) is 7.18. The van der Waals surface area contributed by atoms with Crippen LogP contribution in [0.5, 0.6) is 0 Å². The summed E-state index contributed by atoms with van der Waals surface area (Å²) < 4.78 is 0. The van der Waals surface area contributed by atoms with Crippen LogP contribution in [0.25, 0.3) is 0 Å². The van der Waals surface area contributed by atoms with Gasteiger partial charge in [0.25, 0.3) is 11.8 Å². The Morgan fingerprint density at radius 3 is 2.72 bits per heavy atom. The molecule has 1 aromatic rings. The normalized spacial score (nSPS) is 17.2. The SMILES string of the molecule is CN1CC(C(=O)NCCCc2ccc(Cl)c(Cl)c2)=C(NC2CC2)C1=O. The minimum Gasteiger partial charge on any atom is -0.377 e. The van der Waals surface area contributed by atoms with Gasteiger partial charge >= 0.3 is 0 Å². The summed E-state index contributed by atoms with van der Waals surface area (Å²) in [6.45, 7) is 0.893. The zero-order chi connectivity index (χ0) is 18.0. The summed E-state index contributed by atoms with van der Waals surface area (Å²) in [7, 11) is 1.71. The lowest BCUT2D eigenvalue weighted by molar-refractivity contribution is -0.124. The highest BCUT2D eigenvalue weighted by atomic mass is 35.5. The quantitative estimate of drug-likeness (QED) is 0.713. The number of amides is 2. The first kappa shape index (κ1) is 18.1. The Hall–Kier alpha value is -1.72. The van der Waals surface area contributed by atoms with Crippen LogP contribution in [0.3, 0.4) is 0 Å². The molecule has 2 aliphatic rings. The van der Waals surface area contributed by atoms with Gasteiger partial charge in [-0.05, 0) is 43.4 Å². The van der Waals surface area contributed by atoms with Crippen molar-refractivity contribution >= 4 is 35.0 Å². The molecule has 5 nitrogen and oxygen atoms in total. The molecule has 0 bridgehead atoms. The Kier molecular flexibility index (Phi) is 5.54. The fraction of sp³-hybridized carbons (Fsp3) is 0.444. The fourth-order valence-corrected chi connectivity index (χ4v) is 3.09. The number of nitrogens with one attached hydrogen (secondary N) is 2. The number of carbonyl (C=O) groups excluding carboxylic acids is 2. The van der Waals surface area contributed by atoms with E-state index in [4.69, 9.17) is 23.2 Å². The van der Waals surface area contributed by atoms with Crippen molar-refractivity contribution in [3.05, 3.63) is 45.1 Å². The molecule has 1 fully saturated rings. The molecule has 0 atom stereocenters. The highest BCUT2D eigenvalue weighted by Gasteiger charge is 2.35. The van der Waals surface area contributed by atoms with Crippen molar-refractivity contribution in [2.45, 2.75) is 31.7 Å². The molecule has 25 heavy (non-hydrogen) atoms. The van der Waals surface area contributed by atoms with Crippen molar-refractivity contribution in [2.75, 3.05) is 20.1 Å². The van der Waals surface area contributed by atoms with E-state index in [1.54, 1.807) is 18.0 Å². The van der Waals surface area contributed by atoms with Crippen LogP contribution < -0.4 is 10.6 Å². The molecule has 1 aliphatic heterocycles. The van der Waals surface area contributed by atoms with Gasteiger partial charge in [0.2, 0.25) is 0 Å². The molecule has 134 valence electrons. The Morgan fingerprint density at radius 1 is 1.28 bits per heavy atom. The molecule has 1 aromatic carbocycles. The molecule has 0 unspecified atom stereocenters. The molecule has 0 aromatic heterocycles. The van der Waals surface area contributed by atoms with Crippen LogP contribution in [-0.2, 0) is 16.0 Å². The lowest BCUT2D eigenvalue weighted by Crippen LogP contribution is -2.30. The zero-order valence-corrected chi connectivity index (χ0v) is 15.6. The molecule has 2 N–H and O–H groups in total. The first-order valence-corrected chi connectivity index (χ1v) is 9.18. The van der Waals surface area contributed by atoms with Crippen molar-refractivity contribution in [3.63, 3.8) is 0 Å². The van der Waals surface area contributed by atoms with E-state index in [2.05, 4.69) is 10.6 Å². The summed E-state index contributed by atoms with van der Waals surface area (Å²) in [4.78, 5) is 26.2. The minimum absolute atomic E-state index is 0.104. The summed E-state index contributed by atoms with van der Waals surface area (Å²) in [5.74, 6) is -0.275. The molecule has 1 heterocycles. The van der Waals surface area contributed by atoms with E-state index in [0.717, 1.165) is 31.2 Å². The predicted octanol–water partition coefficient (Wildman–Crippen LogP) is 2.52. The first-order chi connectivity index (χ1) is 12.0. The maximum absolute atomic E-state index is 12.4. The number of likely N-dealkylation sites (N-methyl/N-ethyl adjacent to an activating group) is 1. The molecule has 2 amide bonds. The highest BCUT2D eigenvalue weighted by Crippen LogP contribution is 2.25. The largest absolute Gasteiger partial charge is 0.377 e. The standard InChI is InChI=1S/C18H21Cl2N3O2/c1-23-10-13(16(18(23)25)22-12-5-6-12)17(24)21-8-2-3-11-4-7-14(19)15(20)9-11/h4,7,9,12,22H,2-3,5-6,8,10H2,1H3,(H,21,24). The Morgan fingerprint density at radius 2 is 2.04 bits per heavy atom. The van der Waals surface area contributed by atoms with Gasteiger partial charge in [-0.15, -0.1) is 0 Å². The van der Waals surface area contributed by atoms with E-state index >= 15 is 0 Å². The fourth-order valence-electron chi connectivity index (χ4n) is 2.77. The average Bonchev–Trinajstić information content (AvgIpc) is 3.36. The summed E-state index contributed by atoms with van der Waals surface area (Å²) in [6.07, 6.45) is 3.69. The number of benzene rings is 1. The second kappa shape index (κ2) is 7.67. The van der Waals surface area contributed by atoms with Crippen molar-refractivity contribution < 1.29 is 9.59 Å². The maximum atomic E-state index is 12.4. The van der Waals surface area contributed by atoms with Crippen LogP contribution in [0.2, 0.25) is 10.0 Å². The Balaban J connectivity index is 1.51. The monoisotopic (exact) mass is 381 g/mol. The third-order valence-corrected chi connectivity index (χ3v) is 5.11. The molecule has 0 spiro atoms. The van der Waals surface area contributed by atoms with Crippen LogP contribution in [0, 0.1) is 0 Å². The topological polar surface area (TPSA) is 61.4 Å². The van der Waals surface area contributed by atoms with Crippen molar-refractivity contribution in [1.82, 2.24) is 15.5 Å². The van der Waals surface area contributed by atoms with Gasteiger partial charge in [0.05, 0.1) is 22.2 Å². The number of hydrogen-bond acceptors (Lipinski definition) is 3. The van der Waals surface area contributed by atoms with E-state index in [0.29, 0.717) is 40.4 Å². The van der Waals surface area contributed by atoms with Crippen LogP contribution in [0.15, 0.2) is 29.5 Å². The van der Waals surface area contributed by atoms with E-state index in [9.17, 15) is 9.59 Å². The smallest absolute Gasteiger partial charge is 0.270 e. The van der Waals surface area contributed by atoms with Gasteiger partial charge in [-0.25, -0.2) is 0 Å². The molecule has 1 saturated carbocycles. The number of halogens is 2. The van der Waals surface area contributed by atoms with Gasteiger partial charge in [-0.2, -0.15) is 0 Å². The van der Waals surface area contributed by atoms with Crippen LogP contribution in [0.1, 0.15) is 24.8 Å². The van der Waals surface area contributed by atoms with Gasteiger partial charge in [0.1, 0.15) is 5.70 Å². The summed E-state index contributed by atoms with van der Waals surface area (Å²) in [5.41, 5.74) is 2.08. The van der Waals surface area contributed by atoms with Crippen LogP contribution >= 0.6 is 23.2 Å². The molecule has 7 heteroatoms. The molecular weight excluding hydrogens is 361 g/mol. The number of carbonyl (C=O) groups is 2. The molecule has 1 aliphatic carbocycles. The van der Waals surface area contributed by atoms with Crippen molar-refractivity contribution in [2.24, 2.45) is 0 Å². The van der Waals surface area contributed by atoms with E-state index in [-0.39, 0.29) is 11.8 Å². The summed E-state index contributed by atoms with van der Waals surface area (Å²) >= 11 is 11.9. The van der Waals surface area contributed by atoms with Gasteiger partial charge in [-0.3, -0.25) is 9.59 Å². The number of nitrogens with zero attached hydrogens (tertiary/aromatic N) is 1. The number of hydrogen-bond donors (Lipinski definition) is 2. The molecule has 3 rings (SSSR count). The van der Waals surface area contributed by atoms with Crippen molar-refractivity contribution in [3.8, 4) is 0 Å². The van der Waals surface area contributed by atoms with Gasteiger partial charge in [0.15, 0.2) is 0 Å². The Labute approximate surface area is 157 Å². The molecule has 0 saturated heterocycles. The van der Waals surface area contributed by atoms with Gasteiger partial charge in [-0.1, -0.05) is 29.3 Å². The van der Waals surface area contributed by atoms with Crippen LogP contribution in [-0.4, -0.2) is 42.9 Å². The average molecular weight is 382 g/mol. The predicted molar refractivity (Wildman–Crippen MR) is 98.6 cm³/mol. The third-order valence-electron chi connectivity index (χ3n) is 4.37. The number of aryl methyl sites for hydroxylation is 1. The maximum Gasteiger partial charge on any atom is 0.270 e. The highest BCUT2D eigenvalue weighted by molar-refractivity contribution is 6.42. The third kappa shape index (κ3) is 4.47. The van der Waals surface area contributed by atoms with Crippen molar-refractivity contribution in [1.29, 1.82) is 0 Å². The zero-order valence-electron chi connectivity index (χ0n) is 14.1. The minimum atomic E-state index is -0.171. The van der Waals surface area contributed by atoms with Crippen LogP contribution in [0.4, 0.5) is 0 Å². The number of rotatable bonds is 7. The molecular formula is C18H21Cl2N3O2. The second-order valence-electron chi connectivity index (χ2n) is 6.54. The van der Waals surface area contributed by atoms with E-state index in [1.165, 1.54) is 0 Å². The summed E-state index contributed by atoms with van der Waals surface area (Å²) in [6, 6.07) is 5.89. The van der Waals surface area contributed by atoms with E-state index in [1.807, 2.05) is 12.1 Å². The van der Waals surface area contributed by atoms with E-state index < -0.39 is 0 Å². The Bertz CT molecular complexity index is 729. The molecule has 0 radical (unpaired) electrons. The first-order valence-electron chi connectivity index (χ1n) is 8.43. The second-order valence-corrected chi connectivity index (χ2v) is 7.36. The van der Waals surface area contributed by atoms with Gasteiger partial charge in [0, 0.05) is 19.6 Å². The van der Waals surface area contributed by atoms with Gasteiger partial charge < -0.3 is 15.5 Å². The lowest BCUT2D eigenvalue weighted by Gasteiger charge is -2.09. The lowest BCUT2D eigenvalue weighted by atomic mass is 10.1.